The third-order valence-corrected chi connectivity index (χ3v) is 6.04. The van der Waals surface area contributed by atoms with Crippen LogP contribution in [0.25, 0.3) is 10.2 Å². The molecular weight excluding hydrogens is 425 g/mol. The van der Waals surface area contributed by atoms with E-state index < -0.39 is 5.82 Å². The lowest BCUT2D eigenvalue weighted by Crippen LogP contribution is -2.30. The molecule has 164 valence electrons. The second kappa shape index (κ2) is 10.3. The minimum atomic E-state index is -0.402. The van der Waals surface area contributed by atoms with E-state index >= 15 is 0 Å². The molecule has 7 heteroatoms. The van der Waals surface area contributed by atoms with Gasteiger partial charge in [-0.2, -0.15) is 0 Å². The predicted molar refractivity (Wildman–Crippen MR) is 126 cm³/mol. The van der Waals surface area contributed by atoms with Crippen LogP contribution in [0.2, 0.25) is 0 Å². The fourth-order valence-corrected chi connectivity index (χ4v) is 4.31. The van der Waals surface area contributed by atoms with Crippen molar-refractivity contribution >= 4 is 32.6 Å². The Bertz CT molecular complexity index is 1200. The summed E-state index contributed by atoms with van der Waals surface area (Å²) in [6.07, 6.45) is 6.59. The van der Waals surface area contributed by atoms with Crippen molar-refractivity contribution in [1.82, 2.24) is 9.97 Å². The van der Waals surface area contributed by atoms with Gasteiger partial charge in [0.05, 0.1) is 17.9 Å². The van der Waals surface area contributed by atoms with Gasteiger partial charge >= 0.3 is 0 Å². The van der Waals surface area contributed by atoms with Crippen molar-refractivity contribution in [3.8, 4) is 5.75 Å². The fourth-order valence-electron chi connectivity index (χ4n) is 3.34. The number of fused-ring (bicyclic) bond motifs is 1. The van der Waals surface area contributed by atoms with Gasteiger partial charge in [-0.05, 0) is 48.4 Å². The first-order valence-corrected chi connectivity index (χ1v) is 11.5. The topological polar surface area (TPSA) is 55.3 Å². The van der Waals surface area contributed by atoms with E-state index in [1.165, 1.54) is 17.4 Å². The largest absolute Gasteiger partial charge is 0.494 e. The highest BCUT2D eigenvalue weighted by Gasteiger charge is 2.23. The molecule has 32 heavy (non-hydrogen) atoms. The van der Waals surface area contributed by atoms with Crippen molar-refractivity contribution in [3.05, 3.63) is 83.9 Å². The van der Waals surface area contributed by atoms with E-state index in [9.17, 15) is 9.18 Å². The number of halogens is 1. The van der Waals surface area contributed by atoms with Crippen molar-refractivity contribution < 1.29 is 13.9 Å². The number of rotatable bonds is 9. The number of carbonyl (C=O) groups is 1. The molecule has 0 bridgehead atoms. The van der Waals surface area contributed by atoms with Gasteiger partial charge in [0.15, 0.2) is 5.13 Å². The fraction of sp³-hybridized carbons (Fsp3) is 0.240. The Labute approximate surface area is 190 Å². The van der Waals surface area contributed by atoms with Gasteiger partial charge in [0, 0.05) is 18.0 Å². The number of thiazole rings is 1. The van der Waals surface area contributed by atoms with E-state index in [-0.39, 0.29) is 18.0 Å². The zero-order valence-electron chi connectivity index (χ0n) is 17.8. The summed E-state index contributed by atoms with van der Waals surface area (Å²) >= 11 is 1.29. The van der Waals surface area contributed by atoms with Gasteiger partial charge in [0.2, 0.25) is 0 Å². The zero-order valence-corrected chi connectivity index (χ0v) is 18.6. The molecule has 2 heterocycles. The maximum Gasteiger partial charge on any atom is 0.260 e. The number of benzene rings is 2. The third kappa shape index (κ3) is 5.11. The second-order valence-corrected chi connectivity index (χ2v) is 8.43. The lowest BCUT2D eigenvalue weighted by Gasteiger charge is -2.20. The zero-order chi connectivity index (χ0) is 22.3. The summed E-state index contributed by atoms with van der Waals surface area (Å²) in [5.74, 6) is 0.0252. The van der Waals surface area contributed by atoms with Crippen LogP contribution in [-0.2, 0) is 6.54 Å². The molecule has 0 aliphatic carbocycles. The molecule has 0 saturated heterocycles. The number of carbonyl (C=O) groups excluding carboxylic acids is 1. The van der Waals surface area contributed by atoms with Crippen LogP contribution < -0.4 is 9.64 Å². The monoisotopic (exact) mass is 449 g/mol. The van der Waals surface area contributed by atoms with Crippen LogP contribution in [0.4, 0.5) is 9.52 Å². The molecule has 0 aliphatic heterocycles. The third-order valence-electron chi connectivity index (χ3n) is 5.00. The number of hydrogen-bond acceptors (Lipinski definition) is 5. The van der Waals surface area contributed by atoms with E-state index in [1.807, 2.05) is 24.3 Å². The second-order valence-electron chi connectivity index (χ2n) is 7.42. The Morgan fingerprint density at radius 2 is 2.00 bits per heavy atom. The molecule has 0 atom stereocenters. The Morgan fingerprint density at radius 1 is 1.12 bits per heavy atom. The van der Waals surface area contributed by atoms with E-state index in [4.69, 9.17) is 4.74 Å². The molecule has 0 saturated carbocycles. The highest BCUT2D eigenvalue weighted by molar-refractivity contribution is 7.22. The van der Waals surface area contributed by atoms with Crippen molar-refractivity contribution in [2.45, 2.75) is 32.7 Å². The Balaban J connectivity index is 1.65. The molecule has 0 radical (unpaired) electrons. The number of aromatic nitrogens is 2. The van der Waals surface area contributed by atoms with Crippen LogP contribution in [0.1, 0.15) is 42.1 Å². The quantitative estimate of drug-likeness (QED) is 0.284. The molecule has 2 aromatic heterocycles. The minimum Gasteiger partial charge on any atom is -0.494 e. The number of unbranched alkanes of at least 4 members (excludes halogenated alkanes) is 2. The van der Waals surface area contributed by atoms with Gasteiger partial charge < -0.3 is 4.74 Å². The standard InChI is InChI=1S/C25H24FN3O2S/c1-2-3-4-14-31-20-10-5-9-19(15-20)24(30)29(17-18-8-7-13-27-16-18)25-28-23-21(26)11-6-12-22(23)32-25/h5-13,15-16H,2-4,14,17H2,1H3. The Kier molecular flexibility index (Phi) is 7.07. The first-order chi connectivity index (χ1) is 15.7. The van der Waals surface area contributed by atoms with E-state index in [2.05, 4.69) is 16.9 Å². The summed E-state index contributed by atoms with van der Waals surface area (Å²) < 4.78 is 20.8. The normalized spacial score (nSPS) is 10.9. The van der Waals surface area contributed by atoms with Crippen LogP contribution >= 0.6 is 11.3 Å². The van der Waals surface area contributed by atoms with Gasteiger partial charge in [0.25, 0.3) is 5.91 Å². The molecule has 2 aromatic carbocycles. The van der Waals surface area contributed by atoms with Crippen molar-refractivity contribution in [3.63, 3.8) is 0 Å². The van der Waals surface area contributed by atoms with Gasteiger partial charge in [-0.3, -0.25) is 14.7 Å². The van der Waals surface area contributed by atoms with Gasteiger partial charge in [0.1, 0.15) is 17.1 Å². The number of nitrogens with zero attached hydrogens (tertiary/aromatic N) is 3. The molecule has 0 fully saturated rings. The minimum absolute atomic E-state index is 0.229. The molecule has 5 nitrogen and oxygen atoms in total. The van der Waals surface area contributed by atoms with Gasteiger partial charge in [-0.15, -0.1) is 0 Å². The highest BCUT2D eigenvalue weighted by atomic mass is 32.1. The first kappa shape index (κ1) is 21.9. The van der Waals surface area contributed by atoms with E-state index in [1.54, 1.807) is 41.6 Å². The Hall–Kier alpha value is -3.32. The summed E-state index contributed by atoms with van der Waals surface area (Å²) in [6.45, 7) is 3.03. The highest BCUT2D eigenvalue weighted by Crippen LogP contribution is 2.32. The SMILES string of the molecule is CCCCCOc1cccc(C(=O)N(Cc2cccnc2)c2nc3c(F)cccc3s2)c1. The number of amides is 1. The molecule has 1 amide bonds. The average molecular weight is 450 g/mol. The van der Waals surface area contributed by atoms with Crippen LogP contribution in [0.5, 0.6) is 5.75 Å². The summed E-state index contributed by atoms with van der Waals surface area (Å²) in [7, 11) is 0. The first-order valence-electron chi connectivity index (χ1n) is 10.6. The molecule has 4 aromatic rings. The molecule has 0 aliphatic rings. The Morgan fingerprint density at radius 3 is 2.78 bits per heavy atom. The average Bonchev–Trinajstić information content (AvgIpc) is 3.26. The lowest BCUT2D eigenvalue weighted by atomic mass is 10.1. The van der Waals surface area contributed by atoms with Gasteiger partial charge in [-0.1, -0.05) is 49.3 Å². The maximum absolute atomic E-state index is 14.3. The number of ether oxygens (including phenoxy) is 1. The van der Waals surface area contributed by atoms with Crippen molar-refractivity contribution in [2.75, 3.05) is 11.5 Å². The van der Waals surface area contributed by atoms with Crippen LogP contribution in [0.15, 0.2) is 67.0 Å². The van der Waals surface area contributed by atoms with Crippen LogP contribution in [0, 0.1) is 5.82 Å². The summed E-state index contributed by atoms with van der Waals surface area (Å²) in [5, 5.41) is 0.438. The summed E-state index contributed by atoms with van der Waals surface area (Å²) in [4.78, 5) is 23.7. The number of pyridine rings is 1. The lowest BCUT2D eigenvalue weighted by molar-refractivity contribution is 0.0984. The van der Waals surface area contributed by atoms with E-state index in [0.717, 1.165) is 24.8 Å². The van der Waals surface area contributed by atoms with Crippen molar-refractivity contribution in [1.29, 1.82) is 0 Å². The van der Waals surface area contributed by atoms with Crippen molar-refractivity contribution in [2.24, 2.45) is 0 Å². The molecular formula is C25H24FN3O2S. The van der Waals surface area contributed by atoms with Crippen LogP contribution in [0.3, 0.4) is 0 Å². The molecule has 4 rings (SSSR count). The smallest absolute Gasteiger partial charge is 0.260 e. The maximum atomic E-state index is 14.3. The molecule has 0 spiro atoms. The molecule has 0 unspecified atom stereocenters. The van der Waals surface area contributed by atoms with Gasteiger partial charge in [-0.25, -0.2) is 9.37 Å². The number of anilines is 1. The van der Waals surface area contributed by atoms with Crippen LogP contribution in [-0.4, -0.2) is 22.5 Å². The molecule has 0 N–H and O–H groups in total. The van der Waals surface area contributed by atoms with E-state index in [0.29, 0.717) is 27.8 Å². The number of para-hydroxylation sites is 1. The predicted octanol–water partition coefficient (Wildman–Crippen LogP) is 6.25. The summed E-state index contributed by atoms with van der Waals surface area (Å²) in [6, 6.07) is 15.7. The summed E-state index contributed by atoms with van der Waals surface area (Å²) in [5.41, 5.74) is 1.61. The number of hydrogen-bond donors (Lipinski definition) is 0.